The SMILES string of the molecule is CCOC(C=O)c1nn(-c2ccccc2)c(C(=O)Nc2ccc(I)cc2)c1CCO. The van der Waals surface area contributed by atoms with Crippen molar-refractivity contribution in [3.05, 3.63) is 75.1 Å². The molecule has 1 atom stereocenters. The van der Waals surface area contributed by atoms with Gasteiger partial charge < -0.3 is 15.2 Å². The topological polar surface area (TPSA) is 93.5 Å². The predicted octanol–water partition coefficient (Wildman–Crippen LogP) is 3.54. The van der Waals surface area contributed by atoms with Crippen LogP contribution in [0.25, 0.3) is 5.69 Å². The van der Waals surface area contributed by atoms with Gasteiger partial charge in [-0.15, -0.1) is 0 Å². The van der Waals surface area contributed by atoms with Crippen molar-refractivity contribution >= 4 is 40.5 Å². The third-order valence-electron chi connectivity index (χ3n) is 4.43. The van der Waals surface area contributed by atoms with Crippen molar-refractivity contribution in [2.75, 3.05) is 18.5 Å². The first-order chi connectivity index (χ1) is 14.6. The van der Waals surface area contributed by atoms with Gasteiger partial charge in [-0.3, -0.25) is 9.59 Å². The van der Waals surface area contributed by atoms with Crippen molar-refractivity contribution in [3.63, 3.8) is 0 Å². The second-order valence-electron chi connectivity index (χ2n) is 6.41. The maximum atomic E-state index is 13.3. The Morgan fingerprint density at radius 3 is 2.53 bits per heavy atom. The van der Waals surface area contributed by atoms with Gasteiger partial charge in [-0.2, -0.15) is 5.10 Å². The lowest BCUT2D eigenvalue weighted by atomic mass is 10.1. The molecule has 0 spiro atoms. The Morgan fingerprint density at radius 1 is 1.23 bits per heavy atom. The molecule has 3 aromatic rings. The lowest BCUT2D eigenvalue weighted by molar-refractivity contribution is -0.118. The third-order valence-corrected chi connectivity index (χ3v) is 5.15. The summed E-state index contributed by atoms with van der Waals surface area (Å²) in [6.45, 7) is 1.89. The van der Waals surface area contributed by atoms with Gasteiger partial charge in [-0.05, 0) is 72.3 Å². The number of benzene rings is 2. The molecular weight excluding hydrogens is 497 g/mol. The van der Waals surface area contributed by atoms with E-state index in [1.165, 1.54) is 4.68 Å². The van der Waals surface area contributed by atoms with Gasteiger partial charge in [0, 0.05) is 28.0 Å². The Labute approximate surface area is 188 Å². The van der Waals surface area contributed by atoms with Gasteiger partial charge in [0.1, 0.15) is 11.4 Å². The molecule has 0 bridgehead atoms. The number of halogens is 1. The van der Waals surface area contributed by atoms with Crippen molar-refractivity contribution < 1.29 is 19.4 Å². The fraction of sp³-hybridized carbons (Fsp3) is 0.227. The van der Waals surface area contributed by atoms with Crippen LogP contribution in [0.2, 0.25) is 0 Å². The van der Waals surface area contributed by atoms with Crippen molar-refractivity contribution in [1.29, 1.82) is 0 Å². The number of aromatic nitrogens is 2. The van der Waals surface area contributed by atoms with Gasteiger partial charge in [0.15, 0.2) is 12.4 Å². The largest absolute Gasteiger partial charge is 0.396 e. The van der Waals surface area contributed by atoms with Crippen LogP contribution in [0.3, 0.4) is 0 Å². The van der Waals surface area contributed by atoms with Crippen molar-refractivity contribution in [1.82, 2.24) is 9.78 Å². The van der Waals surface area contributed by atoms with Crippen LogP contribution < -0.4 is 5.32 Å². The van der Waals surface area contributed by atoms with E-state index < -0.39 is 6.10 Å². The number of rotatable bonds is 9. The van der Waals surface area contributed by atoms with Crippen molar-refractivity contribution in [2.24, 2.45) is 0 Å². The highest BCUT2D eigenvalue weighted by Gasteiger charge is 2.28. The molecule has 7 nitrogen and oxygen atoms in total. The molecule has 30 heavy (non-hydrogen) atoms. The van der Waals surface area contributed by atoms with E-state index in [4.69, 9.17) is 4.74 Å². The number of nitrogens with zero attached hydrogens (tertiary/aromatic N) is 2. The number of ether oxygens (including phenoxy) is 1. The molecule has 2 aromatic carbocycles. The number of para-hydroxylation sites is 1. The number of amides is 1. The molecule has 2 N–H and O–H groups in total. The van der Waals surface area contributed by atoms with E-state index in [1.54, 1.807) is 6.92 Å². The number of aliphatic hydroxyl groups excluding tert-OH is 1. The normalized spacial score (nSPS) is 11.8. The first kappa shape index (κ1) is 22.1. The van der Waals surface area contributed by atoms with Crippen LogP contribution >= 0.6 is 22.6 Å². The van der Waals surface area contributed by atoms with Gasteiger partial charge in [-0.25, -0.2) is 4.68 Å². The number of nitrogens with one attached hydrogen (secondary N) is 1. The molecule has 0 aliphatic rings. The smallest absolute Gasteiger partial charge is 0.274 e. The first-order valence-corrected chi connectivity index (χ1v) is 10.6. The number of carbonyl (C=O) groups is 2. The molecule has 1 aromatic heterocycles. The average molecular weight is 519 g/mol. The first-order valence-electron chi connectivity index (χ1n) is 9.50. The van der Waals surface area contributed by atoms with Crippen LogP contribution in [0.5, 0.6) is 0 Å². The summed E-state index contributed by atoms with van der Waals surface area (Å²) < 4.78 is 8.07. The summed E-state index contributed by atoms with van der Waals surface area (Å²) in [6.07, 6.45) is -0.107. The Morgan fingerprint density at radius 2 is 1.93 bits per heavy atom. The zero-order chi connectivity index (χ0) is 21.5. The number of anilines is 1. The molecule has 8 heteroatoms. The summed E-state index contributed by atoms with van der Waals surface area (Å²) in [4.78, 5) is 25.0. The number of aldehydes is 1. The number of aliphatic hydroxyl groups is 1. The van der Waals surface area contributed by atoms with E-state index in [-0.39, 0.29) is 24.6 Å². The minimum atomic E-state index is -0.925. The Kier molecular flexibility index (Phi) is 7.72. The zero-order valence-electron chi connectivity index (χ0n) is 16.4. The summed E-state index contributed by atoms with van der Waals surface area (Å²) >= 11 is 2.19. The van der Waals surface area contributed by atoms with E-state index in [2.05, 4.69) is 33.0 Å². The van der Waals surface area contributed by atoms with Crippen LogP contribution in [-0.4, -0.2) is 40.3 Å². The van der Waals surface area contributed by atoms with Gasteiger partial charge >= 0.3 is 0 Å². The maximum Gasteiger partial charge on any atom is 0.274 e. The summed E-state index contributed by atoms with van der Waals surface area (Å²) in [5.74, 6) is -0.386. The maximum absolute atomic E-state index is 13.3. The molecule has 0 radical (unpaired) electrons. The fourth-order valence-electron chi connectivity index (χ4n) is 3.13. The third kappa shape index (κ3) is 4.94. The molecule has 0 aliphatic heterocycles. The van der Waals surface area contributed by atoms with Gasteiger partial charge in [0.05, 0.1) is 5.69 Å². The number of hydrogen-bond donors (Lipinski definition) is 2. The molecule has 156 valence electrons. The summed E-state index contributed by atoms with van der Waals surface area (Å²) in [7, 11) is 0. The van der Waals surface area contributed by atoms with Gasteiger partial charge in [0.25, 0.3) is 5.91 Å². The van der Waals surface area contributed by atoms with E-state index in [9.17, 15) is 14.7 Å². The van der Waals surface area contributed by atoms with Crippen LogP contribution in [0, 0.1) is 3.57 Å². The molecule has 3 rings (SSSR count). The molecule has 0 aliphatic carbocycles. The fourth-order valence-corrected chi connectivity index (χ4v) is 3.49. The predicted molar refractivity (Wildman–Crippen MR) is 122 cm³/mol. The second-order valence-corrected chi connectivity index (χ2v) is 7.65. The van der Waals surface area contributed by atoms with E-state index in [1.807, 2.05) is 54.6 Å². The van der Waals surface area contributed by atoms with E-state index >= 15 is 0 Å². The highest BCUT2D eigenvalue weighted by molar-refractivity contribution is 14.1. The van der Waals surface area contributed by atoms with Crippen LogP contribution in [0.1, 0.15) is 34.8 Å². The highest BCUT2D eigenvalue weighted by atomic mass is 127. The van der Waals surface area contributed by atoms with Crippen molar-refractivity contribution in [3.8, 4) is 5.69 Å². The molecule has 1 heterocycles. The number of carbonyl (C=O) groups excluding carboxylic acids is 2. The molecule has 0 saturated carbocycles. The van der Waals surface area contributed by atoms with E-state index in [0.717, 1.165) is 3.57 Å². The molecule has 0 saturated heterocycles. The van der Waals surface area contributed by atoms with Crippen LogP contribution in [-0.2, 0) is 16.0 Å². The van der Waals surface area contributed by atoms with Crippen LogP contribution in [0.15, 0.2) is 54.6 Å². The van der Waals surface area contributed by atoms with E-state index in [0.29, 0.717) is 35.5 Å². The zero-order valence-corrected chi connectivity index (χ0v) is 18.6. The Balaban J connectivity index is 2.13. The Hall–Kier alpha value is -2.56. The molecule has 0 fully saturated rings. The molecular formula is C22H22IN3O4. The standard InChI is InChI=1S/C22H22IN3O4/c1-2-30-19(14-28)20-18(12-13-27)21(26(25-20)17-6-4-3-5-7-17)22(29)24-16-10-8-15(23)9-11-16/h3-11,14,19,27H,2,12-13H2,1H3,(H,24,29). The van der Waals surface area contributed by atoms with Gasteiger partial charge in [-0.1, -0.05) is 18.2 Å². The monoisotopic (exact) mass is 519 g/mol. The van der Waals surface area contributed by atoms with Crippen LogP contribution in [0.4, 0.5) is 5.69 Å². The highest BCUT2D eigenvalue weighted by Crippen LogP contribution is 2.27. The summed E-state index contributed by atoms with van der Waals surface area (Å²) in [5.41, 5.74) is 2.37. The lowest BCUT2D eigenvalue weighted by Gasteiger charge is -2.11. The summed E-state index contributed by atoms with van der Waals surface area (Å²) in [5, 5.41) is 17.1. The summed E-state index contributed by atoms with van der Waals surface area (Å²) in [6, 6.07) is 16.6. The minimum Gasteiger partial charge on any atom is -0.396 e. The Bertz CT molecular complexity index is 1000. The van der Waals surface area contributed by atoms with Crippen molar-refractivity contribution in [2.45, 2.75) is 19.4 Å². The average Bonchev–Trinajstić information content (AvgIpc) is 3.14. The lowest BCUT2D eigenvalue weighted by Crippen LogP contribution is -2.19. The second kappa shape index (κ2) is 10.5. The quantitative estimate of drug-likeness (QED) is 0.333. The molecule has 1 unspecified atom stereocenters. The minimum absolute atomic E-state index is 0.162. The number of hydrogen-bond acceptors (Lipinski definition) is 5. The molecule has 1 amide bonds. The van der Waals surface area contributed by atoms with Gasteiger partial charge in [0.2, 0.25) is 0 Å².